The van der Waals surface area contributed by atoms with Crippen LogP contribution in [0.2, 0.25) is 0 Å². The average Bonchev–Trinajstić information content (AvgIpc) is 2.82. The molecular formula is C27H60ClNO3Si. The highest BCUT2D eigenvalue weighted by Gasteiger charge is 2.50. The van der Waals surface area contributed by atoms with Gasteiger partial charge in [-0.2, -0.15) is 0 Å². The minimum Gasteiger partial charge on any atom is -1.00 e. The van der Waals surface area contributed by atoms with Crippen LogP contribution < -0.4 is 17.7 Å². The summed E-state index contributed by atoms with van der Waals surface area (Å²) >= 11 is 0. The van der Waals surface area contributed by atoms with E-state index >= 15 is 0 Å². The molecule has 6 heteroatoms. The van der Waals surface area contributed by atoms with Gasteiger partial charge in [-0.25, -0.2) is 0 Å². The van der Waals surface area contributed by atoms with Crippen molar-refractivity contribution in [2.24, 2.45) is 0 Å². The van der Waals surface area contributed by atoms with Crippen molar-refractivity contribution in [3.05, 3.63) is 0 Å². The zero-order chi connectivity index (χ0) is 23.9. The Morgan fingerprint density at radius 2 is 0.879 bits per heavy atom. The molecule has 0 heterocycles. The van der Waals surface area contributed by atoms with Gasteiger partial charge in [0.05, 0.1) is 6.04 Å². The van der Waals surface area contributed by atoms with Gasteiger partial charge in [0.2, 0.25) is 0 Å². The minimum atomic E-state index is -2.61. The molecule has 0 rings (SSSR count). The maximum atomic E-state index is 5.83. The van der Waals surface area contributed by atoms with Crippen molar-refractivity contribution in [1.82, 2.24) is 0 Å². The summed E-state index contributed by atoms with van der Waals surface area (Å²) in [6.45, 7) is 6.82. The van der Waals surface area contributed by atoms with E-state index in [-0.39, 0.29) is 18.1 Å². The first-order valence-electron chi connectivity index (χ1n) is 14.1. The molecule has 0 aliphatic heterocycles. The van der Waals surface area contributed by atoms with Crippen LogP contribution in [0.25, 0.3) is 0 Å². The van der Waals surface area contributed by atoms with E-state index < -0.39 is 8.80 Å². The van der Waals surface area contributed by atoms with Crippen LogP contribution in [0.5, 0.6) is 0 Å². The molecule has 0 aromatic heterocycles. The van der Waals surface area contributed by atoms with E-state index in [0.29, 0.717) is 6.04 Å². The largest absolute Gasteiger partial charge is 1.00 e. The van der Waals surface area contributed by atoms with Gasteiger partial charge >= 0.3 is 8.80 Å². The van der Waals surface area contributed by atoms with Gasteiger partial charge in [0.25, 0.3) is 0 Å². The predicted octanol–water partition coefficient (Wildman–Crippen LogP) is 4.18. The van der Waals surface area contributed by atoms with Gasteiger partial charge in [0, 0.05) is 27.8 Å². The van der Waals surface area contributed by atoms with Gasteiger partial charge in [-0.15, -0.1) is 0 Å². The highest BCUT2D eigenvalue weighted by Crippen LogP contribution is 2.16. The molecule has 1 atom stereocenters. The van der Waals surface area contributed by atoms with E-state index in [1.165, 1.54) is 116 Å². The molecule has 0 bridgehead atoms. The van der Waals surface area contributed by atoms with Crippen LogP contribution in [0.15, 0.2) is 0 Å². The third-order valence-corrected chi connectivity index (χ3v) is 10.3. The molecule has 0 saturated heterocycles. The molecule has 0 aliphatic carbocycles. The van der Waals surface area contributed by atoms with Crippen molar-refractivity contribution >= 4 is 8.80 Å². The summed E-state index contributed by atoms with van der Waals surface area (Å²) in [7, 11) is 2.64. The molecule has 0 radical (unpaired) electrons. The lowest BCUT2D eigenvalue weighted by atomic mass is 9.99. The van der Waals surface area contributed by atoms with Crippen LogP contribution in [-0.2, 0) is 13.3 Å². The molecule has 0 aliphatic rings. The van der Waals surface area contributed by atoms with Crippen LogP contribution in [0.1, 0.15) is 143 Å². The molecule has 33 heavy (non-hydrogen) atoms. The Morgan fingerprint density at radius 3 is 1.18 bits per heavy atom. The fraction of sp³-hybridized carbons (Fsp3) is 1.00. The number of hydrogen-bond acceptors (Lipinski definition) is 3. The van der Waals surface area contributed by atoms with Crippen molar-refractivity contribution in [3.8, 4) is 0 Å². The Balaban J connectivity index is 0. The topological polar surface area (TPSA) is 44.3 Å². The first-order chi connectivity index (χ1) is 15.6. The lowest BCUT2D eigenvalue weighted by molar-refractivity contribution is -0.711. The smallest absolute Gasteiger partial charge is 0.561 e. The Hall–Kier alpha value is 0.347. The number of nitrogens with two attached hydrogens (primary N) is 1. The number of halogens is 1. The molecule has 0 aromatic rings. The Kier molecular flexibility index (Phi) is 27.4. The van der Waals surface area contributed by atoms with Crippen molar-refractivity contribution in [1.29, 1.82) is 0 Å². The molecule has 0 spiro atoms. The molecule has 2 N–H and O–H groups in total. The van der Waals surface area contributed by atoms with E-state index in [4.69, 9.17) is 13.3 Å². The maximum Gasteiger partial charge on any atom is 0.561 e. The Labute approximate surface area is 215 Å². The van der Waals surface area contributed by atoms with Crippen LogP contribution >= 0.6 is 0 Å². The van der Waals surface area contributed by atoms with E-state index in [2.05, 4.69) is 26.1 Å². The van der Waals surface area contributed by atoms with Crippen molar-refractivity contribution in [2.45, 2.75) is 154 Å². The van der Waals surface area contributed by atoms with Crippen LogP contribution in [0, 0.1) is 0 Å². The quantitative estimate of drug-likeness (QED) is 0.148. The van der Waals surface area contributed by atoms with Crippen LogP contribution in [0.4, 0.5) is 0 Å². The summed E-state index contributed by atoms with van der Waals surface area (Å²) in [5.41, 5.74) is 0.288. The van der Waals surface area contributed by atoms with Crippen molar-refractivity contribution in [2.75, 3.05) is 21.3 Å². The van der Waals surface area contributed by atoms with E-state index in [1.807, 2.05) is 0 Å². The van der Waals surface area contributed by atoms with Gasteiger partial charge in [-0.05, 0) is 25.7 Å². The van der Waals surface area contributed by atoms with Crippen molar-refractivity contribution in [3.63, 3.8) is 0 Å². The molecule has 1 unspecified atom stereocenters. The fourth-order valence-corrected chi connectivity index (χ4v) is 7.37. The molecule has 0 aromatic carbocycles. The first-order valence-corrected chi connectivity index (χ1v) is 15.9. The number of unbranched alkanes of at least 4 members (excludes halogenated alkanes) is 14. The summed E-state index contributed by atoms with van der Waals surface area (Å²) in [6.07, 6.45) is 25.9. The summed E-state index contributed by atoms with van der Waals surface area (Å²) in [5, 5.41) is 2.56. The number of hydrogen-bond donors (Lipinski definition) is 1. The predicted molar refractivity (Wildman–Crippen MR) is 141 cm³/mol. The minimum absolute atomic E-state index is 0. The summed E-state index contributed by atoms with van der Waals surface area (Å²) in [4.78, 5) is 0. The van der Waals surface area contributed by atoms with Crippen molar-refractivity contribution < 1.29 is 31.0 Å². The highest BCUT2D eigenvalue weighted by molar-refractivity contribution is 6.61. The normalized spacial score (nSPS) is 12.8. The standard InChI is InChI=1S/C27H59NO3Si.ClH/c1-7-10-12-14-16-18-20-22-24-26(25-23-21-19-17-15-13-11-8-2)28-27(9-3)32(29-4,30-5)31-6;/h26-28H,7-25H2,1-6H3;1H. The second kappa shape index (κ2) is 25.4. The maximum absolute atomic E-state index is 5.83. The number of rotatable bonds is 25. The van der Waals surface area contributed by atoms with E-state index in [0.717, 1.165) is 6.42 Å². The van der Waals surface area contributed by atoms with Gasteiger partial charge in [-0.1, -0.05) is 111 Å². The fourth-order valence-electron chi connectivity index (χ4n) is 4.95. The third-order valence-electron chi connectivity index (χ3n) is 7.11. The zero-order valence-corrected chi connectivity index (χ0v) is 25.0. The Morgan fingerprint density at radius 1 is 0.545 bits per heavy atom. The monoisotopic (exact) mass is 509 g/mol. The van der Waals surface area contributed by atoms with Crippen LogP contribution in [-0.4, -0.2) is 41.8 Å². The van der Waals surface area contributed by atoms with Gasteiger partial charge in [-0.3, -0.25) is 0 Å². The molecule has 0 fully saturated rings. The molecule has 0 saturated carbocycles. The number of quaternary nitrogens is 1. The van der Waals surface area contributed by atoms with Gasteiger partial charge < -0.3 is 31.0 Å². The molecule has 202 valence electrons. The molecule has 0 amide bonds. The van der Waals surface area contributed by atoms with Gasteiger partial charge in [0.1, 0.15) is 0 Å². The lowest BCUT2D eigenvalue weighted by Gasteiger charge is -2.32. The third kappa shape index (κ3) is 17.4. The second-order valence-electron chi connectivity index (χ2n) is 9.71. The second-order valence-corrected chi connectivity index (χ2v) is 12.9. The molecule has 4 nitrogen and oxygen atoms in total. The summed E-state index contributed by atoms with van der Waals surface area (Å²) in [6, 6.07) is 0.660. The Bertz CT molecular complexity index is 358. The van der Waals surface area contributed by atoms with E-state index in [1.54, 1.807) is 21.3 Å². The average molecular weight is 510 g/mol. The van der Waals surface area contributed by atoms with Crippen LogP contribution in [0.3, 0.4) is 0 Å². The van der Waals surface area contributed by atoms with Gasteiger partial charge in [0.15, 0.2) is 5.67 Å². The highest BCUT2D eigenvalue weighted by atomic mass is 35.5. The lowest BCUT2D eigenvalue weighted by Crippen LogP contribution is -3.00. The molecular weight excluding hydrogens is 450 g/mol. The van der Waals surface area contributed by atoms with E-state index in [9.17, 15) is 0 Å². The first kappa shape index (κ1) is 35.5. The summed E-state index contributed by atoms with van der Waals surface area (Å²) < 4.78 is 17.5. The zero-order valence-electron chi connectivity index (χ0n) is 23.3. The SMILES string of the molecule is CCCCCCCCCCC(CCCCCCCCCC)[NH2+]C(CC)[Si](OC)(OC)OC.[Cl-]. The summed E-state index contributed by atoms with van der Waals surface area (Å²) in [5.74, 6) is 0.